The second kappa shape index (κ2) is 1.84. The van der Waals surface area contributed by atoms with Crippen LogP contribution in [0.15, 0.2) is 0 Å². The number of ether oxygens (including phenoxy) is 2. The fourth-order valence-electron chi connectivity index (χ4n) is 2.53. The van der Waals surface area contributed by atoms with Crippen LogP contribution in [0.1, 0.15) is 19.8 Å². The second-order valence-electron chi connectivity index (χ2n) is 4.37. The van der Waals surface area contributed by atoms with Crippen molar-refractivity contribution in [2.75, 3.05) is 6.61 Å². The van der Waals surface area contributed by atoms with Gasteiger partial charge in [0, 0.05) is 5.92 Å². The molecule has 0 aromatic heterocycles. The van der Waals surface area contributed by atoms with Gasteiger partial charge in [-0.05, 0) is 19.8 Å². The number of carbonyl (C=O) groups excluding carboxylic acids is 1. The molecule has 3 heteroatoms. The molecule has 2 aliphatic heterocycles. The van der Waals surface area contributed by atoms with Crippen LogP contribution in [0.4, 0.5) is 0 Å². The quantitative estimate of drug-likeness (QED) is 0.395. The SMILES string of the molecule is C[C@]12C[C@H]3O[C@H]3C[C@H]1COC2=O. The van der Waals surface area contributed by atoms with Crippen molar-refractivity contribution in [1.82, 2.24) is 0 Å². The van der Waals surface area contributed by atoms with E-state index in [0.29, 0.717) is 24.7 Å². The van der Waals surface area contributed by atoms with E-state index in [1.54, 1.807) is 0 Å². The third-order valence-corrected chi connectivity index (χ3v) is 3.61. The normalized spacial score (nSPS) is 55.8. The molecule has 3 fully saturated rings. The number of hydrogen-bond donors (Lipinski definition) is 0. The lowest BCUT2D eigenvalue weighted by Crippen LogP contribution is -2.36. The van der Waals surface area contributed by atoms with Crippen LogP contribution >= 0.6 is 0 Å². The first-order valence-electron chi connectivity index (χ1n) is 4.53. The Kier molecular flexibility index (Phi) is 1.06. The summed E-state index contributed by atoms with van der Waals surface area (Å²) in [6.07, 6.45) is 2.70. The van der Waals surface area contributed by atoms with Gasteiger partial charge in [-0.2, -0.15) is 0 Å². The van der Waals surface area contributed by atoms with Gasteiger partial charge < -0.3 is 9.47 Å². The molecule has 1 aliphatic carbocycles. The zero-order valence-corrected chi connectivity index (χ0v) is 7.08. The van der Waals surface area contributed by atoms with Gasteiger partial charge in [0.25, 0.3) is 0 Å². The van der Waals surface area contributed by atoms with E-state index in [1.165, 1.54) is 0 Å². The van der Waals surface area contributed by atoms with Gasteiger partial charge in [0.1, 0.15) is 0 Å². The minimum atomic E-state index is -0.225. The molecule has 3 aliphatic rings. The van der Waals surface area contributed by atoms with Crippen molar-refractivity contribution < 1.29 is 14.3 Å². The van der Waals surface area contributed by atoms with Crippen LogP contribution in [0.25, 0.3) is 0 Å². The molecule has 3 rings (SSSR count). The maximum atomic E-state index is 11.4. The third-order valence-electron chi connectivity index (χ3n) is 3.61. The van der Waals surface area contributed by atoms with E-state index in [2.05, 4.69) is 0 Å². The van der Waals surface area contributed by atoms with Crippen molar-refractivity contribution in [2.24, 2.45) is 11.3 Å². The Morgan fingerprint density at radius 3 is 3.17 bits per heavy atom. The molecule has 0 aromatic rings. The summed E-state index contributed by atoms with van der Waals surface area (Å²) >= 11 is 0. The number of epoxide rings is 1. The molecule has 0 aromatic carbocycles. The molecule has 4 atom stereocenters. The zero-order chi connectivity index (χ0) is 8.34. The van der Waals surface area contributed by atoms with E-state index >= 15 is 0 Å². The molecule has 0 unspecified atom stereocenters. The second-order valence-corrected chi connectivity index (χ2v) is 4.37. The minimum absolute atomic E-state index is 0.0125. The first-order valence-corrected chi connectivity index (χ1v) is 4.53. The monoisotopic (exact) mass is 168 g/mol. The van der Waals surface area contributed by atoms with Crippen LogP contribution in [-0.4, -0.2) is 24.8 Å². The third kappa shape index (κ3) is 0.678. The van der Waals surface area contributed by atoms with Gasteiger partial charge in [-0.1, -0.05) is 0 Å². The van der Waals surface area contributed by atoms with Crippen LogP contribution < -0.4 is 0 Å². The van der Waals surface area contributed by atoms with Crippen LogP contribution in [0.5, 0.6) is 0 Å². The highest BCUT2D eigenvalue weighted by atomic mass is 16.6. The van der Waals surface area contributed by atoms with E-state index in [0.717, 1.165) is 12.8 Å². The minimum Gasteiger partial charge on any atom is -0.465 e. The van der Waals surface area contributed by atoms with Crippen molar-refractivity contribution in [3.05, 3.63) is 0 Å². The fraction of sp³-hybridized carbons (Fsp3) is 0.889. The predicted octanol–water partition coefficient (Wildman–Crippen LogP) is 0.727. The standard InChI is InChI=1S/C9H12O3/c1-9-3-7-6(12-7)2-5(9)4-11-8(9)10/h5-7H,2-4H2,1H3/t5-,6-,7+,9-/m0/s1. The highest BCUT2D eigenvalue weighted by Crippen LogP contribution is 2.52. The molecule has 0 radical (unpaired) electrons. The van der Waals surface area contributed by atoms with Gasteiger partial charge >= 0.3 is 5.97 Å². The van der Waals surface area contributed by atoms with Crippen LogP contribution in [0, 0.1) is 11.3 Å². The Balaban J connectivity index is 1.93. The van der Waals surface area contributed by atoms with Crippen LogP contribution in [-0.2, 0) is 14.3 Å². The summed E-state index contributed by atoms with van der Waals surface area (Å²) in [5.74, 6) is 0.398. The number of rotatable bonds is 0. The molecular formula is C9H12O3. The molecule has 3 nitrogen and oxygen atoms in total. The predicted molar refractivity (Wildman–Crippen MR) is 40.5 cm³/mol. The number of carbonyl (C=O) groups is 1. The molecule has 0 amide bonds. The molecule has 1 saturated carbocycles. The van der Waals surface area contributed by atoms with Crippen molar-refractivity contribution in [2.45, 2.75) is 32.0 Å². The first kappa shape index (κ1) is 6.89. The van der Waals surface area contributed by atoms with Gasteiger partial charge in [-0.15, -0.1) is 0 Å². The summed E-state index contributed by atoms with van der Waals surface area (Å²) in [4.78, 5) is 11.4. The van der Waals surface area contributed by atoms with Crippen LogP contribution in [0.2, 0.25) is 0 Å². The Morgan fingerprint density at radius 1 is 1.50 bits per heavy atom. The summed E-state index contributed by atoms with van der Waals surface area (Å²) in [5.41, 5.74) is -0.225. The van der Waals surface area contributed by atoms with Crippen molar-refractivity contribution in [3.63, 3.8) is 0 Å². The summed E-state index contributed by atoms with van der Waals surface area (Å²) in [5, 5.41) is 0. The number of esters is 1. The zero-order valence-electron chi connectivity index (χ0n) is 7.08. The van der Waals surface area contributed by atoms with Gasteiger partial charge in [-0.3, -0.25) is 4.79 Å². The van der Waals surface area contributed by atoms with Gasteiger partial charge in [0.2, 0.25) is 0 Å². The largest absolute Gasteiger partial charge is 0.465 e. The Labute approximate surface area is 71.0 Å². The van der Waals surface area contributed by atoms with Crippen molar-refractivity contribution >= 4 is 5.97 Å². The number of cyclic esters (lactones) is 1. The van der Waals surface area contributed by atoms with Gasteiger partial charge in [0.05, 0.1) is 24.2 Å². The average Bonchev–Trinajstić information content (AvgIpc) is 2.70. The molecule has 0 bridgehead atoms. The summed E-state index contributed by atoms with van der Waals surface area (Å²) in [6, 6.07) is 0. The fourth-order valence-corrected chi connectivity index (χ4v) is 2.53. The topological polar surface area (TPSA) is 38.8 Å². The summed E-state index contributed by atoms with van der Waals surface area (Å²) < 4.78 is 10.5. The molecule has 0 spiro atoms. The first-order chi connectivity index (χ1) is 5.70. The molecule has 2 saturated heterocycles. The molecule has 66 valence electrons. The molecule has 12 heavy (non-hydrogen) atoms. The van der Waals surface area contributed by atoms with E-state index in [4.69, 9.17) is 9.47 Å². The summed E-state index contributed by atoms with van der Waals surface area (Å²) in [7, 11) is 0. The maximum Gasteiger partial charge on any atom is 0.312 e. The molecule has 0 N–H and O–H groups in total. The number of hydrogen-bond acceptors (Lipinski definition) is 3. The highest BCUT2D eigenvalue weighted by Gasteiger charge is 2.60. The molecular weight excluding hydrogens is 156 g/mol. The Bertz CT molecular complexity index is 250. The van der Waals surface area contributed by atoms with Crippen LogP contribution in [0.3, 0.4) is 0 Å². The van der Waals surface area contributed by atoms with E-state index < -0.39 is 0 Å². The maximum absolute atomic E-state index is 11.4. The molecule has 2 heterocycles. The summed E-state index contributed by atoms with van der Waals surface area (Å²) in [6.45, 7) is 2.63. The average molecular weight is 168 g/mol. The van der Waals surface area contributed by atoms with E-state index in [1.807, 2.05) is 6.92 Å². The van der Waals surface area contributed by atoms with Gasteiger partial charge in [0.15, 0.2) is 0 Å². The van der Waals surface area contributed by atoms with E-state index in [-0.39, 0.29) is 11.4 Å². The van der Waals surface area contributed by atoms with Crippen molar-refractivity contribution in [1.29, 1.82) is 0 Å². The number of fused-ring (bicyclic) bond motifs is 2. The van der Waals surface area contributed by atoms with E-state index in [9.17, 15) is 4.79 Å². The highest BCUT2D eigenvalue weighted by molar-refractivity contribution is 5.79. The lowest BCUT2D eigenvalue weighted by molar-refractivity contribution is -0.146. The van der Waals surface area contributed by atoms with Gasteiger partial charge in [-0.25, -0.2) is 0 Å². The Morgan fingerprint density at radius 2 is 2.33 bits per heavy atom. The lowest BCUT2D eigenvalue weighted by atomic mass is 9.69. The smallest absolute Gasteiger partial charge is 0.312 e. The van der Waals surface area contributed by atoms with Crippen molar-refractivity contribution in [3.8, 4) is 0 Å². The lowest BCUT2D eigenvalue weighted by Gasteiger charge is -2.28. The Hall–Kier alpha value is -0.570.